The molecule has 2 aromatic rings. The zero-order valence-electron chi connectivity index (χ0n) is 10.0. The lowest BCUT2D eigenvalue weighted by Gasteiger charge is -2.10. The summed E-state index contributed by atoms with van der Waals surface area (Å²) in [7, 11) is 0. The van der Waals surface area contributed by atoms with E-state index in [4.69, 9.17) is 11.5 Å². The molecule has 1 heterocycles. The van der Waals surface area contributed by atoms with E-state index in [0.29, 0.717) is 12.4 Å². The Morgan fingerprint density at radius 3 is 2.95 bits per heavy atom. The third-order valence-corrected chi connectivity index (χ3v) is 2.95. The van der Waals surface area contributed by atoms with Crippen molar-refractivity contribution in [1.82, 2.24) is 4.98 Å². The molecule has 0 aliphatic rings. The van der Waals surface area contributed by atoms with Crippen molar-refractivity contribution in [3.63, 3.8) is 0 Å². The van der Waals surface area contributed by atoms with Gasteiger partial charge in [-0.1, -0.05) is 15.9 Å². The lowest BCUT2D eigenvalue weighted by Crippen LogP contribution is -2.18. The summed E-state index contributed by atoms with van der Waals surface area (Å²) in [6.07, 6.45) is -0.787. The number of hydrogen-bond acceptors (Lipinski definition) is 5. The van der Waals surface area contributed by atoms with Gasteiger partial charge in [0.1, 0.15) is 12.4 Å². The van der Waals surface area contributed by atoms with E-state index in [-0.39, 0.29) is 6.61 Å². The van der Waals surface area contributed by atoms with E-state index in [1.165, 1.54) is 0 Å². The number of nitrogens with one attached hydrogen (secondary N) is 1. The number of rotatable bonds is 4. The predicted molar refractivity (Wildman–Crippen MR) is 77.9 cm³/mol. The van der Waals surface area contributed by atoms with Gasteiger partial charge in [-0.15, -0.1) is 0 Å². The van der Waals surface area contributed by atoms with Gasteiger partial charge in [0.2, 0.25) is 0 Å². The number of carbonyl (C=O) groups is 1. The molecular formula is C12H13BrN4O2. The standard InChI is InChI=1S/C12H13BrN4O2/c13-7-1-2-8-9(16-3-4-19-12(15)18)6-11(14)17-10(8)5-7/h1-2,5-6H,3-4H2,(H2,15,18)(H3,14,16,17). The topological polar surface area (TPSA) is 103 Å². The predicted octanol–water partition coefficient (Wildman–Crippen LogP) is 2.09. The third-order valence-electron chi connectivity index (χ3n) is 2.45. The average Bonchev–Trinajstić information content (AvgIpc) is 2.33. The minimum atomic E-state index is -0.787. The molecule has 1 amide bonds. The van der Waals surface area contributed by atoms with Gasteiger partial charge in [0.05, 0.1) is 5.52 Å². The van der Waals surface area contributed by atoms with Crippen LogP contribution in [0, 0.1) is 0 Å². The quantitative estimate of drug-likeness (QED) is 0.747. The maximum Gasteiger partial charge on any atom is 0.404 e. The molecule has 0 radical (unpaired) electrons. The van der Waals surface area contributed by atoms with Crippen LogP contribution >= 0.6 is 15.9 Å². The number of aromatic nitrogens is 1. The molecule has 0 fully saturated rings. The van der Waals surface area contributed by atoms with Crippen LogP contribution in [0.1, 0.15) is 0 Å². The SMILES string of the molecule is NC(=O)OCCNc1cc(N)nc2cc(Br)ccc12. The molecule has 100 valence electrons. The zero-order valence-corrected chi connectivity index (χ0v) is 11.6. The lowest BCUT2D eigenvalue weighted by molar-refractivity contribution is 0.161. The Kier molecular flexibility index (Phi) is 4.06. The summed E-state index contributed by atoms with van der Waals surface area (Å²) in [5, 5.41) is 4.08. The van der Waals surface area contributed by atoms with E-state index < -0.39 is 6.09 Å². The number of halogens is 1. The normalized spacial score (nSPS) is 10.4. The number of ether oxygens (including phenoxy) is 1. The van der Waals surface area contributed by atoms with Crippen LogP contribution in [0.15, 0.2) is 28.7 Å². The molecule has 1 aromatic carbocycles. The second-order valence-corrected chi connectivity index (χ2v) is 4.77. The summed E-state index contributed by atoms with van der Waals surface area (Å²) >= 11 is 3.39. The van der Waals surface area contributed by atoms with Crippen molar-refractivity contribution in [2.24, 2.45) is 5.73 Å². The van der Waals surface area contributed by atoms with Crippen LogP contribution in [0.25, 0.3) is 10.9 Å². The number of hydrogen-bond donors (Lipinski definition) is 3. The zero-order chi connectivity index (χ0) is 13.8. The summed E-state index contributed by atoms with van der Waals surface area (Å²) in [4.78, 5) is 14.7. The van der Waals surface area contributed by atoms with Crippen molar-refractivity contribution in [3.8, 4) is 0 Å². The highest BCUT2D eigenvalue weighted by atomic mass is 79.9. The number of primary amides is 1. The summed E-state index contributed by atoms with van der Waals surface area (Å²) in [5.41, 5.74) is 12.3. The third kappa shape index (κ3) is 3.47. The molecule has 0 saturated heterocycles. The highest BCUT2D eigenvalue weighted by Crippen LogP contribution is 2.26. The fourth-order valence-corrected chi connectivity index (χ4v) is 2.05. The monoisotopic (exact) mass is 324 g/mol. The molecule has 0 aliphatic carbocycles. The molecule has 2 rings (SSSR count). The van der Waals surface area contributed by atoms with Gasteiger partial charge in [-0.25, -0.2) is 9.78 Å². The van der Waals surface area contributed by atoms with Gasteiger partial charge >= 0.3 is 6.09 Å². The molecule has 0 aliphatic heterocycles. The summed E-state index contributed by atoms with van der Waals surface area (Å²) < 4.78 is 5.58. The average molecular weight is 325 g/mol. The second kappa shape index (κ2) is 5.75. The van der Waals surface area contributed by atoms with Gasteiger partial charge in [-0.3, -0.25) is 0 Å². The lowest BCUT2D eigenvalue weighted by atomic mass is 10.2. The van der Waals surface area contributed by atoms with Gasteiger partial charge in [-0.05, 0) is 18.2 Å². The highest BCUT2D eigenvalue weighted by molar-refractivity contribution is 9.10. The fraction of sp³-hybridized carbons (Fsp3) is 0.167. The summed E-state index contributed by atoms with van der Waals surface area (Å²) in [5.74, 6) is 0.420. The van der Waals surface area contributed by atoms with Crippen LogP contribution in [0.4, 0.5) is 16.3 Å². The number of nitrogens with zero attached hydrogens (tertiary/aromatic N) is 1. The van der Waals surface area contributed by atoms with Gasteiger partial charge in [0.25, 0.3) is 0 Å². The Labute approximate surface area is 118 Å². The number of amides is 1. The molecule has 7 heteroatoms. The number of nitrogens with two attached hydrogens (primary N) is 2. The second-order valence-electron chi connectivity index (χ2n) is 3.85. The molecular weight excluding hydrogens is 312 g/mol. The number of anilines is 2. The van der Waals surface area contributed by atoms with Crippen LogP contribution in [0.2, 0.25) is 0 Å². The Hall–Kier alpha value is -2.02. The van der Waals surface area contributed by atoms with E-state index in [2.05, 4.69) is 31.0 Å². The molecule has 0 spiro atoms. The van der Waals surface area contributed by atoms with Crippen LogP contribution < -0.4 is 16.8 Å². The first kappa shape index (κ1) is 13.4. The first-order valence-electron chi connectivity index (χ1n) is 5.58. The number of pyridine rings is 1. The van der Waals surface area contributed by atoms with Gasteiger partial charge in [0, 0.05) is 28.2 Å². The maximum absolute atomic E-state index is 10.5. The molecule has 1 aromatic heterocycles. The van der Waals surface area contributed by atoms with E-state index in [9.17, 15) is 4.79 Å². The minimum Gasteiger partial charge on any atom is -0.448 e. The van der Waals surface area contributed by atoms with E-state index in [1.54, 1.807) is 6.07 Å². The van der Waals surface area contributed by atoms with Gasteiger partial charge < -0.3 is 21.5 Å². The number of nitrogen functional groups attached to an aromatic ring is 1. The number of benzene rings is 1. The van der Waals surface area contributed by atoms with Crippen molar-refractivity contribution in [2.75, 3.05) is 24.2 Å². The van der Waals surface area contributed by atoms with Crippen molar-refractivity contribution >= 4 is 44.4 Å². The molecule has 0 unspecified atom stereocenters. The Bertz CT molecular complexity index is 613. The smallest absolute Gasteiger partial charge is 0.404 e. The van der Waals surface area contributed by atoms with Gasteiger partial charge in [-0.2, -0.15) is 0 Å². The van der Waals surface area contributed by atoms with E-state index in [0.717, 1.165) is 21.1 Å². The number of carbonyl (C=O) groups excluding carboxylic acids is 1. The first-order chi connectivity index (χ1) is 9.06. The minimum absolute atomic E-state index is 0.190. The summed E-state index contributed by atoms with van der Waals surface area (Å²) in [6, 6.07) is 7.48. The van der Waals surface area contributed by atoms with Crippen LogP contribution in [-0.4, -0.2) is 24.2 Å². The Morgan fingerprint density at radius 2 is 2.21 bits per heavy atom. The van der Waals surface area contributed by atoms with Crippen molar-refractivity contribution < 1.29 is 9.53 Å². The molecule has 0 saturated carbocycles. The van der Waals surface area contributed by atoms with Gasteiger partial charge in [0.15, 0.2) is 0 Å². The Morgan fingerprint density at radius 1 is 1.42 bits per heavy atom. The number of fused-ring (bicyclic) bond motifs is 1. The van der Waals surface area contributed by atoms with E-state index in [1.807, 2.05) is 18.2 Å². The maximum atomic E-state index is 10.5. The van der Waals surface area contributed by atoms with Crippen molar-refractivity contribution in [2.45, 2.75) is 0 Å². The fourth-order valence-electron chi connectivity index (χ4n) is 1.71. The Balaban J connectivity index is 2.19. The van der Waals surface area contributed by atoms with Crippen molar-refractivity contribution in [3.05, 3.63) is 28.7 Å². The largest absolute Gasteiger partial charge is 0.448 e. The van der Waals surface area contributed by atoms with Crippen LogP contribution in [0.3, 0.4) is 0 Å². The first-order valence-corrected chi connectivity index (χ1v) is 6.37. The molecule has 5 N–H and O–H groups in total. The summed E-state index contributed by atoms with van der Waals surface area (Å²) in [6.45, 7) is 0.632. The highest BCUT2D eigenvalue weighted by Gasteiger charge is 2.05. The molecule has 19 heavy (non-hydrogen) atoms. The van der Waals surface area contributed by atoms with Crippen molar-refractivity contribution in [1.29, 1.82) is 0 Å². The molecule has 6 nitrogen and oxygen atoms in total. The van der Waals surface area contributed by atoms with E-state index >= 15 is 0 Å². The van der Waals surface area contributed by atoms with Crippen LogP contribution in [0.5, 0.6) is 0 Å². The molecule has 0 bridgehead atoms. The van der Waals surface area contributed by atoms with Crippen LogP contribution in [-0.2, 0) is 4.74 Å². The molecule has 0 atom stereocenters.